The fourth-order valence-electron chi connectivity index (χ4n) is 2.46. The Hall–Kier alpha value is -2.49. The Morgan fingerprint density at radius 1 is 1.26 bits per heavy atom. The Morgan fingerprint density at radius 2 is 2.00 bits per heavy atom. The lowest BCUT2D eigenvalue weighted by molar-refractivity contribution is -0.115. The number of pyridine rings is 1. The molecule has 1 aromatic carbocycles. The average Bonchev–Trinajstić information content (AvgIpc) is 2.62. The van der Waals surface area contributed by atoms with E-state index in [9.17, 15) is 23.1 Å². The Morgan fingerprint density at radius 3 is 2.63 bits per heavy atom. The van der Waals surface area contributed by atoms with E-state index in [0.717, 1.165) is 0 Å². The van der Waals surface area contributed by atoms with Crippen LogP contribution in [0.2, 0.25) is 0 Å². The summed E-state index contributed by atoms with van der Waals surface area (Å²) in [7, 11) is -3.85. The van der Waals surface area contributed by atoms with E-state index in [-0.39, 0.29) is 29.5 Å². The minimum Gasteiger partial charge on any atom is -0.390 e. The molecule has 146 valence electrons. The number of carbonyl (C=O) groups is 1. The first-order chi connectivity index (χ1) is 12.7. The molecule has 1 heterocycles. The van der Waals surface area contributed by atoms with Gasteiger partial charge in [0.05, 0.1) is 17.5 Å². The highest BCUT2D eigenvalue weighted by Gasteiger charge is 2.19. The number of sulfonamides is 1. The zero-order valence-electron chi connectivity index (χ0n) is 15.2. The van der Waals surface area contributed by atoms with E-state index >= 15 is 0 Å². The van der Waals surface area contributed by atoms with Crippen molar-refractivity contribution < 1.29 is 18.3 Å². The van der Waals surface area contributed by atoms with Crippen LogP contribution in [-0.2, 0) is 21.4 Å². The number of rotatable bonds is 8. The number of carbonyl (C=O) groups excluding carboxylic acids is 1. The zero-order chi connectivity index (χ0) is 20.0. The van der Waals surface area contributed by atoms with E-state index in [1.54, 1.807) is 32.0 Å². The van der Waals surface area contributed by atoms with Gasteiger partial charge in [0.2, 0.25) is 15.9 Å². The van der Waals surface area contributed by atoms with Gasteiger partial charge >= 0.3 is 0 Å². The van der Waals surface area contributed by atoms with Gasteiger partial charge in [0, 0.05) is 30.9 Å². The standard InChI is InChI=1S/C18H23N3O5S/c1-3-17(23)20-14-7-8-16(13(2)10-14)27(25,26)19-11-15(22)12-21-9-5-4-6-18(21)24/h4-10,15,19,22H,3,11-12H2,1-2H3,(H,20,23). The lowest BCUT2D eigenvalue weighted by Gasteiger charge is -2.15. The molecule has 0 radical (unpaired) electrons. The topological polar surface area (TPSA) is 118 Å². The van der Waals surface area contributed by atoms with Crippen LogP contribution in [0.5, 0.6) is 0 Å². The third kappa shape index (κ3) is 5.75. The molecule has 1 aromatic heterocycles. The second kappa shape index (κ2) is 8.94. The molecule has 0 saturated heterocycles. The van der Waals surface area contributed by atoms with Gasteiger partial charge < -0.3 is 15.0 Å². The number of nitrogens with zero attached hydrogens (tertiary/aromatic N) is 1. The minimum absolute atomic E-state index is 0.0246. The van der Waals surface area contributed by atoms with Crippen LogP contribution in [0, 0.1) is 6.92 Å². The van der Waals surface area contributed by atoms with Crippen LogP contribution in [0.15, 0.2) is 52.3 Å². The van der Waals surface area contributed by atoms with E-state index in [4.69, 9.17) is 0 Å². The molecule has 8 nitrogen and oxygen atoms in total. The van der Waals surface area contributed by atoms with Crippen LogP contribution in [0.25, 0.3) is 0 Å². The quantitative estimate of drug-likeness (QED) is 0.614. The van der Waals surface area contributed by atoms with Gasteiger partial charge in [-0.25, -0.2) is 13.1 Å². The monoisotopic (exact) mass is 393 g/mol. The summed E-state index contributed by atoms with van der Waals surface area (Å²) in [6.07, 6.45) is 0.777. The second-order valence-electron chi connectivity index (χ2n) is 6.08. The molecular weight excluding hydrogens is 370 g/mol. The molecule has 0 fully saturated rings. The Kier molecular flexibility index (Phi) is 6.89. The molecule has 0 saturated carbocycles. The molecule has 0 aliphatic carbocycles. The van der Waals surface area contributed by atoms with Crippen molar-refractivity contribution in [1.29, 1.82) is 0 Å². The Labute approximate surface area is 157 Å². The maximum absolute atomic E-state index is 12.5. The number of nitrogens with one attached hydrogen (secondary N) is 2. The molecule has 2 rings (SSSR count). The van der Waals surface area contributed by atoms with E-state index in [0.29, 0.717) is 17.7 Å². The van der Waals surface area contributed by atoms with Crippen LogP contribution in [-0.4, -0.2) is 36.6 Å². The summed E-state index contributed by atoms with van der Waals surface area (Å²) in [6.45, 7) is 3.08. The molecule has 0 bridgehead atoms. The van der Waals surface area contributed by atoms with E-state index < -0.39 is 16.1 Å². The summed E-state index contributed by atoms with van der Waals surface area (Å²) < 4.78 is 28.6. The van der Waals surface area contributed by atoms with Gasteiger partial charge in [0.25, 0.3) is 5.56 Å². The van der Waals surface area contributed by atoms with Gasteiger partial charge in [-0.15, -0.1) is 0 Å². The number of aryl methyl sites for hydroxylation is 1. The number of amides is 1. The number of benzene rings is 1. The predicted molar refractivity (Wildman–Crippen MR) is 102 cm³/mol. The van der Waals surface area contributed by atoms with Crippen LogP contribution in [0.4, 0.5) is 5.69 Å². The largest absolute Gasteiger partial charge is 0.390 e. The van der Waals surface area contributed by atoms with Gasteiger partial charge in [0.15, 0.2) is 0 Å². The molecule has 0 spiro atoms. The van der Waals surface area contributed by atoms with Crippen LogP contribution in [0.3, 0.4) is 0 Å². The summed E-state index contributed by atoms with van der Waals surface area (Å²) >= 11 is 0. The molecule has 1 unspecified atom stereocenters. The van der Waals surface area contributed by atoms with Crippen molar-refractivity contribution in [2.45, 2.75) is 37.8 Å². The van der Waals surface area contributed by atoms with Gasteiger partial charge in [-0.1, -0.05) is 13.0 Å². The van der Waals surface area contributed by atoms with Crippen LogP contribution in [0.1, 0.15) is 18.9 Å². The van der Waals surface area contributed by atoms with Crippen LogP contribution >= 0.6 is 0 Å². The SMILES string of the molecule is CCC(=O)Nc1ccc(S(=O)(=O)NCC(O)Cn2ccccc2=O)c(C)c1. The van der Waals surface area contributed by atoms with Crippen molar-refractivity contribution in [1.82, 2.24) is 9.29 Å². The molecule has 2 aromatic rings. The normalized spacial score (nSPS) is 12.6. The van der Waals surface area contributed by atoms with Crippen molar-refractivity contribution in [2.24, 2.45) is 0 Å². The van der Waals surface area contributed by atoms with E-state index in [1.807, 2.05) is 0 Å². The van der Waals surface area contributed by atoms with Crippen molar-refractivity contribution in [2.75, 3.05) is 11.9 Å². The lowest BCUT2D eigenvalue weighted by Crippen LogP contribution is -2.36. The predicted octanol–water partition coefficient (Wildman–Crippen LogP) is 0.845. The fourth-order valence-corrected chi connectivity index (χ4v) is 3.76. The number of anilines is 1. The maximum Gasteiger partial charge on any atom is 0.250 e. The summed E-state index contributed by atoms with van der Waals surface area (Å²) in [5.74, 6) is -0.164. The lowest BCUT2D eigenvalue weighted by atomic mass is 10.2. The smallest absolute Gasteiger partial charge is 0.250 e. The third-order valence-electron chi connectivity index (χ3n) is 3.88. The van der Waals surface area contributed by atoms with E-state index in [2.05, 4.69) is 10.0 Å². The summed E-state index contributed by atoms with van der Waals surface area (Å²) in [5, 5.41) is 12.7. The highest BCUT2D eigenvalue weighted by Crippen LogP contribution is 2.19. The van der Waals surface area contributed by atoms with Gasteiger partial charge in [-0.2, -0.15) is 0 Å². The van der Waals surface area contributed by atoms with Crippen molar-refractivity contribution >= 4 is 21.6 Å². The summed E-state index contributed by atoms with van der Waals surface area (Å²) in [5.41, 5.74) is 0.701. The number of hydrogen-bond acceptors (Lipinski definition) is 5. The molecule has 1 amide bonds. The van der Waals surface area contributed by atoms with E-state index in [1.165, 1.54) is 29.0 Å². The van der Waals surface area contributed by atoms with Crippen molar-refractivity contribution in [3.05, 3.63) is 58.5 Å². The molecule has 1 atom stereocenters. The molecule has 3 N–H and O–H groups in total. The van der Waals surface area contributed by atoms with Crippen LogP contribution < -0.4 is 15.6 Å². The molecule has 0 aliphatic heterocycles. The Bertz CT molecular complexity index is 969. The van der Waals surface area contributed by atoms with Gasteiger partial charge in [-0.05, 0) is 36.8 Å². The minimum atomic E-state index is -3.85. The fraction of sp³-hybridized carbons (Fsp3) is 0.333. The first-order valence-corrected chi connectivity index (χ1v) is 9.95. The third-order valence-corrected chi connectivity index (χ3v) is 5.47. The summed E-state index contributed by atoms with van der Waals surface area (Å²) in [6, 6.07) is 9.08. The van der Waals surface area contributed by atoms with Gasteiger partial charge in [0.1, 0.15) is 0 Å². The first kappa shape index (κ1) is 20.8. The molecule has 0 aliphatic rings. The molecule has 27 heavy (non-hydrogen) atoms. The number of aliphatic hydroxyl groups excluding tert-OH is 1. The number of aromatic nitrogens is 1. The van der Waals surface area contributed by atoms with Gasteiger partial charge in [-0.3, -0.25) is 9.59 Å². The molecular formula is C18H23N3O5S. The number of aliphatic hydroxyl groups is 1. The Balaban J connectivity index is 2.04. The summed E-state index contributed by atoms with van der Waals surface area (Å²) in [4.78, 5) is 23.1. The second-order valence-corrected chi connectivity index (χ2v) is 7.81. The van der Waals surface area contributed by atoms with Crippen molar-refractivity contribution in [3.63, 3.8) is 0 Å². The first-order valence-electron chi connectivity index (χ1n) is 8.46. The van der Waals surface area contributed by atoms with Crippen molar-refractivity contribution in [3.8, 4) is 0 Å². The zero-order valence-corrected chi connectivity index (χ0v) is 16.0. The highest BCUT2D eigenvalue weighted by atomic mass is 32.2. The highest BCUT2D eigenvalue weighted by molar-refractivity contribution is 7.89. The average molecular weight is 393 g/mol. The number of hydrogen-bond donors (Lipinski definition) is 3. The maximum atomic E-state index is 12.5. The molecule has 9 heteroatoms.